The lowest BCUT2D eigenvalue weighted by Crippen LogP contribution is -2.39. The molecule has 0 aromatic heterocycles. The van der Waals surface area contributed by atoms with Crippen LogP contribution in [0.5, 0.6) is 17.2 Å². The molecule has 3 rings (SSSR count). The minimum Gasteiger partial charge on any atom is -0.495 e. The van der Waals surface area contributed by atoms with Crippen LogP contribution in [-0.2, 0) is 14.8 Å². The molecule has 0 radical (unpaired) electrons. The molecule has 0 atom stereocenters. The molecule has 0 aliphatic carbocycles. The molecule has 0 heterocycles. The number of rotatable bonds is 13. The first-order chi connectivity index (χ1) is 18.3. The molecule has 38 heavy (non-hydrogen) atoms. The summed E-state index contributed by atoms with van der Waals surface area (Å²) in [4.78, 5) is 12.9. The fourth-order valence-electron chi connectivity index (χ4n) is 3.36. The topological polar surface area (TPSA) is 107 Å². The smallest absolute Gasteiger partial charge is 0.264 e. The number of amides is 1. The predicted octanol–water partition coefficient (Wildman–Crippen LogP) is 4.66. The summed E-state index contributed by atoms with van der Waals surface area (Å²) in [5, 5.41) is 4.26. The van der Waals surface area contributed by atoms with E-state index in [9.17, 15) is 13.2 Å². The second-order valence-electron chi connectivity index (χ2n) is 7.67. The van der Waals surface area contributed by atoms with Gasteiger partial charge in [-0.15, -0.1) is 0 Å². The largest absolute Gasteiger partial charge is 0.495 e. The van der Waals surface area contributed by atoms with Crippen LogP contribution in [0.3, 0.4) is 0 Å². The molecule has 3 aromatic carbocycles. The summed E-state index contributed by atoms with van der Waals surface area (Å²) in [6.07, 6.45) is 3.04. The lowest BCUT2D eigenvalue weighted by Gasteiger charge is -2.25. The van der Waals surface area contributed by atoms with Crippen molar-refractivity contribution in [3.05, 3.63) is 90.0 Å². The first-order valence-corrected chi connectivity index (χ1v) is 13.4. The molecule has 11 heteroatoms. The van der Waals surface area contributed by atoms with Gasteiger partial charge in [0.1, 0.15) is 18.9 Å². The number of hydrazone groups is 1. The maximum atomic E-state index is 13.5. The summed E-state index contributed by atoms with van der Waals surface area (Å²) in [5.41, 5.74) is 3.11. The third-order valence-corrected chi connectivity index (χ3v) is 7.06. The van der Waals surface area contributed by atoms with Gasteiger partial charge >= 0.3 is 0 Å². The molecule has 0 saturated heterocycles. The van der Waals surface area contributed by atoms with Gasteiger partial charge in [-0.1, -0.05) is 42.5 Å². The summed E-state index contributed by atoms with van der Waals surface area (Å²) in [6, 6.07) is 17.4. The van der Waals surface area contributed by atoms with Crippen LogP contribution >= 0.6 is 11.6 Å². The average molecular weight is 558 g/mol. The first kappa shape index (κ1) is 28.5. The Balaban J connectivity index is 1.84. The van der Waals surface area contributed by atoms with E-state index in [0.717, 1.165) is 4.31 Å². The Bertz CT molecular complexity index is 1400. The highest BCUT2D eigenvalue weighted by Gasteiger charge is 2.29. The van der Waals surface area contributed by atoms with Crippen molar-refractivity contribution >= 4 is 39.4 Å². The van der Waals surface area contributed by atoms with Gasteiger partial charge in [-0.3, -0.25) is 9.10 Å². The second kappa shape index (κ2) is 13.5. The Labute approximate surface area is 227 Å². The van der Waals surface area contributed by atoms with Gasteiger partial charge in [-0.05, 0) is 61.0 Å². The standard InChI is InChI=1S/C27H28ClN3O6S/c1-4-15-37-25-13-11-20(16-26(25)36-5-2)18-29-30-27(32)19-31(23-17-21(28)12-14-24(23)35-3)38(33,34)22-9-7-6-8-10-22/h4,6-14,16-18H,1,5,15,19H2,2-3H3,(H,30,32)/b29-18-. The van der Waals surface area contributed by atoms with E-state index in [1.54, 1.807) is 48.5 Å². The lowest BCUT2D eigenvalue weighted by molar-refractivity contribution is -0.119. The Morgan fingerprint density at radius 1 is 1.05 bits per heavy atom. The van der Waals surface area contributed by atoms with Crippen molar-refractivity contribution in [2.45, 2.75) is 11.8 Å². The van der Waals surface area contributed by atoms with Crippen LogP contribution in [0.15, 0.2) is 89.4 Å². The number of anilines is 1. The number of carbonyl (C=O) groups excluding carboxylic acids is 1. The van der Waals surface area contributed by atoms with E-state index in [1.807, 2.05) is 6.92 Å². The molecule has 0 saturated carbocycles. The van der Waals surface area contributed by atoms with Gasteiger partial charge in [-0.2, -0.15) is 5.10 Å². The number of hydrogen-bond donors (Lipinski definition) is 1. The number of benzene rings is 3. The van der Waals surface area contributed by atoms with Crippen molar-refractivity contribution in [3.63, 3.8) is 0 Å². The van der Waals surface area contributed by atoms with Gasteiger partial charge in [0.05, 0.1) is 30.5 Å². The Hall–Kier alpha value is -4.02. The van der Waals surface area contributed by atoms with Crippen LogP contribution in [0.2, 0.25) is 5.02 Å². The highest BCUT2D eigenvalue weighted by atomic mass is 35.5. The summed E-state index contributed by atoms with van der Waals surface area (Å²) in [6.45, 7) is 5.65. The van der Waals surface area contributed by atoms with Crippen molar-refractivity contribution < 1.29 is 27.4 Å². The Kier molecular flexibility index (Phi) is 10.1. The van der Waals surface area contributed by atoms with Crippen molar-refractivity contribution in [1.29, 1.82) is 0 Å². The van der Waals surface area contributed by atoms with E-state index in [1.165, 1.54) is 37.6 Å². The number of nitrogens with one attached hydrogen (secondary N) is 1. The molecule has 9 nitrogen and oxygen atoms in total. The van der Waals surface area contributed by atoms with Gasteiger partial charge in [0, 0.05) is 5.02 Å². The fourth-order valence-corrected chi connectivity index (χ4v) is 4.97. The first-order valence-electron chi connectivity index (χ1n) is 11.5. The predicted molar refractivity (Wildman–Crippen MR) is 148 cm³/mol. The summed E-state index contributed by atoms with van der Waals surface area (Å²) in [7, 11) is -2.76. The maximum absolute atomic E-state index is 13.5. The van der Waals surface area contributed by atoms with Crippen molar-refractivity contribution in [2.75, 3.05) is 31.2 Å². The minimum absolute atomic E-state index is 0.000506. The van der Waals surface area contributed by atoms with Crippen LogP contribution in [-0.4, -0.2) is 47.4 Å². The number of halogens is 1. The van der Waals surface area contributed by atoms with E-state index in [-0.39, 0.29) is 21.4 Å². The van der Waals surface area contributed by atoms with Gasteiger partial charge in [-0.25, -0.2) is 13.8 Å². The number of methoxy groups -OCH3 is 1. The van der Waals surface area contributed by atoms with Crippen LogP contribution in [0.25, 0.3) is 0 Å². The summed E-state index contributed by atoms with van der Waals surface area (Å²) < 4.78 is 44.5. The SMILES string of the molecule is C=CCOc1ccc(/C=N\NC(=O)CN(c2cc(Cl)ccc2OC)S(=O)(=O)c2ccccc2)cc1OCC. The van der Waals surface area contributed by atoms with Crippen molar-refractivity contribution in [3.8, 4) is 17.2 Å². The number of sulfonamides is 1. The monoisotopic (exact) mass is 557 g/mol. The van der Waals surface area contributed by atoms with Crippen LogP contribution in [0.4, 0.5) is 5.69 Å². The van der Waals surface area contributed by atoms with Crippen LogP contribution < -0.4 is 23.9 Å². The molecular weight excluding hydrogens is 530 g/mol. The highest BCUT2D eigenvalue weighted by Crippen LogP contribution is 2.34. The molecule has 0 aliphatic rings. The Morgan fingerprint density at radius 2 is 1.79 bits per heavy atom. The Morgan fingerprint density at radius 3 is 2.47 bits per heavy atom. The molecule has 200 valence electrons. The van der Waals surface area contributed by atoms with Crippen LogP contribution in [0.1, 0.15) is 12.5 Å². The summed E-state index contributed by atoms with van der Waals surface area (Å²) >= 11 is 6.15. The van der Waals surface area contributed by atoms with E-state index in [0.29, 0.717) is 30.3 Å². The number of nitrogens with zero attached hydrogens (tertiary/aromatic N) is 2. The zero-order valence-corrected chi connectivity index (χ0v) is 22.5. The van der Waals surface area contributed by atoms with Gasteiger partial charge < -0.3 is 14.2 Å². The van der Waals surface area contributed by atoms with E-state index < -0.39 is 22.5 Å². The van der Waals surface area contributed by atoms with Gasteiger partial charge in [0.2, 0.25) is 0 Å². The highest BCUT2D eigenvalue weighted by molar-refractivity contribution is 7.92. The van der Waals surface area contributed by atoms with E-state index in [2.05, 4.69) is 17.1 Å². The second-order valence-corrected chi connectivity index (χ2v) is 9.97. The van der Waals surface area contributed by atoms with E-state index >= 15 is 0 Å². The number of ether oxygens (including phenoxy) is 3. The van der Waals surface area contributed by atoms with E-state index in [4.69, 9.17) is 25.8 Å². The maximum Gasteiger partial charge on any atom is 0.264 e. The average Bonchev–Trinajstić information content (AvgIpc) is 2.92. The quantitative estimate of drug-likeness (QED) is 0.186. The fraction of sp³-hybridized carbons (Fsp3) is 0.185. The molecular formula is C27H28ClN3O6S. The van der Waals surface area contributed by atoms with Gasteiger partial charge in [0.15, 0.2) is 11.5 Å². The zero-order valence-electron chi connectivity index (χ0n) is 21.0. The van der Waals surface area contributed by atoms with Crippen molar-refractivity contribution in [1.82, 2.24) is 5.43 Å². The van der Waals surface area contributed by atoms with Crippen molar-refractivity contribution in [2.24, 2.45) is 5.10 Å². The zero-order chi connectivity index (χ0) is 27.5. The van der Waals surface area contributed by atoms with Crippen LogP contribution in [0, 0.1) is 0 Å². The molecule has 0 bridgehead atoms. The molecule has 3 aromatic rings. The third kappa shape index (κ3) is 7.27. The molecule has 0 unspecified atom stereocenters. The molecule has 1 N–H and O–H groups in total. The molecule has 0 fully saturated rings. The van der Waals surface area contributed by atoms with Gasteiger partial charge in [0.25, 0.3) is 15.9 Å². The molecule has 0 aliphatic heterocycles. The lowest BCUT2D eigenvalue weighted by atomic mass is 10.2. The summed E-state index contributed by atoms with van der Waals surface area (Å²) in [5.74, 6) is 0.606. The third-order valence-electron chi connectivity index (χ3n) is 5.06. The minimum atomic E-state index is -4.16. The number of carbonyl (C=O) groups is 1. The normalized spacial score (nSPS) is 11.1. The number of hydrogen-bond acceptors (Lipinski definition) is 7. The molecule has 0 spiro atoms. The molecule has 1 amide bonds.